The molecule has 0 amide bonds. The summed E-state index contributed by atoms with van der Waals surface area (Å²) in [5.74, 6) is 0. The second-order valence-electron chi connectivity index (χ2n) is 4.68. The highest BCUT2D eigenvalue weighted by atomic mass is 35.5. The van der Waals surface area contributed by atoms with Crippen LogP contribution >= 0.6 is 34.8 Å². The maximum Gasteiger partial charge on any atom is 0.0490 e. The molecule has 0 nitrogen and oxygen atoms in total. The van der Waals surface area contributed by atoms with Gasteiger partial charge in [-0.25, -0.2) is 0 Å². The maximum absolute atomic E-state index is 6.43. The third-order valence-corrected chi connectivity index (χ3v) is 4.17. The topological polar surface area (TPSA) is 0 Å². The van der Waals surface area contributed by atoms with Gasteiger partial charge < -0.3 is 0 Å². The van der Waals surface area contributed by atoms with Crippen LogP contribution in [-0.4, -0.2) is 0 Å². The molecule has 0 aliphatic rings. The fraction of sp³-hybridized carbons (Fsp3) is 0. The lowest BCUT2D eigenvalue weighted by molar-refractivity contribution is 1.59. The van der Waals surface area contributed by atoms with E-state index in [1.165, 1.54) is 0 Å². The van der Waals surface area contributed by atoms with Gasteiger partial charge in [0.2, 0.25) is 0 Å². The fourth-order valence-electron chi connectivity index (χ4n) is 2.27. The summed E-state index contributed by atoms with van der Waals surface area (Å²) in [4.78, 5) is 0. The standard InChI is InChI=1S/C18H11Cl3/c19-14-5-3-4-12(10-14)16-9-8-13(11-18(16)21)15-6-1-2-7-17(15)20/h1-11H. The third-order valence-electron chi connectivity index (χ3n) is 3.29. The van der Waals surface area contributed by atoms with Crippen LogP contribution in [0.2, 0.25) is 15.1 Å². The van der Waals surface area contributed by atoms with Crippen molar-refractivity contribution >= 4 is 34.8 Å². The lowest BCUT2D eigenvalue weighted by Crippen LogP contribution is -1.83. The van der Waals surface area contributed by atoms with Crippen LogP contribution in [0.25, 0.3) is 22.3 Å². The molecule has 0 N–H and O–H groups in total. The summed E-state index contributed by atoms with van der Waals surface area (Å²) >= 11 is 18.7. The number of hydrogen-bond donors (Lipinski definition) is 0. The van der Waals surface area contributed by atoms with Gasteiger partial charge in [-0.05, 0) is 35.4 Å². The summed E-state index contributed by atoms with van der Waals surface area (Å²) in [5.41, 5.74) is 3.92. The van der Waals surface area contributed by atoms with E-state index >= 15 is 0 Å². The Bertz CT molecular complexity index is 794. The summed E-state index contributed by atoms with van der Waals surface area (Å²) in [6.07, 6.45) is 0. The van der Waals surface area contributed by atoms with Gasteiger partial charge in [0.25, 0.3) is 0 Å². The molecule has 0 radical (unpaired) electrons. The lowest BCUT2D eigenvalue weighted by Gasteiger charge is -2.09. The van der Waals surface area contributed by atoms with Crippen LogP contribution in [0.1, 0.15) is 0 Å². The summed E-state index contributed by atoms with van der Waals surface area (Å²) in [7, 11) is 0. The molecule has 21 heavy (non-hydrogen) atoms. The van der Waals surface area contributed by atoms with Gasteiger partial charge in [0.1, 0.15) is 0 Å². The first-order valence-electron chi connectivity index (χ1n) is 6.45. The molecule has 104 valence electrons. The largest absolute Gasteiger partial charge is 0.0843 e. The Morgan fingerprint density at radius 2 is 1.24 bits per heavy atom. The Hall–Kier alpha value is -1.47. The number of rotatable bonds is 2. The van der Waals surface area contributed by atoms with Crippen molar-refractivity contribution in [1.29, 1.82) is 0 Å². The molecule has 0 aromatic heterocycles. The average Bonchev–Trinajstić information content (AvgIpc) is 2.47. The van der Waals surface area contributed by atoms with Crippen molar-refractivity contribution in [1.82, 2.24) is 0 Å². The van der Waals surface area contributed by atoms with Gasteiger partial charge >= 0.3 is 0 Å². The van der Waals surface area contributed by atoms with Gasteiger partial charge in [-0.1, -0.05) is 77.3 Å². The molecular weight excluding hydrogens is 323 g/mol. The number of benzene rings is 3. The van der Waals surface area contributed by atoms with Gasteiger partial charge in [0, 0.05) is 26.2 Å². The summed E-state index contributed by atoms with van der Waals surface area (Å²) in [6, 6.07) is 21.3. The molecule has 3 aromatic carbocycles. The molecule has 0 heterocycles. The highest BCUT2D eigenvalue weighted by Gasteiger charge is 2.08. The van der Waals surface area contributed by atoms with E-state index in [1.807, 2.05) is 66.7 Å². The van der Waals surface area contributed by atoms with E-state index in [9.17, 15) is 0 Å². The van der Waals surface area contributed by atoms with Crippen molar-refractivity contribution in [3.8, 4) is 22.3 Å². The summed E-state index contributed by atoms with van der Waals surface area (Å²) in [6.45, 7) is 0. The second kappa shape index (κ2) is 6.11. The van der Waals surface area contributed by atoms with Crippen LogP contribution in [-0.2, 0) is 0 Å². The minimum Gasteiger partial charge on any atom is -0.0843 e. The maximum atomic E-state index is 6.43. The van der Waals surface area contributed by atoms with Crippen molar-refractivity contribution in [3.05, 3.63) is 81.8 Å². The van der Waals surface area contributed by atoms with Crippen LogP contribution in [0.3, 0.4) is 0 Å². The normalized spacial score (nSPS) is 10.6. The Kier molecular flexibility index (Phi) is 4.21. The zero-order valence-corrected chi connectivity index (χ0v) is 13.3. The second-order valence-corrected chi connectivity index (χ2v) is 5.94. The van der Waals surface area contributed by atoms with Crippen LogP contribution in [0.15, 0.2) is 66.7 Å². The predicted octanol–water partition coefficient (Wildman–Crippen LogP) is 6.98. The SMILES string of the molecule is Clc1cccc(-c2ccc(-c3ccccc3Cl)cc2Cl)c1. The molecule has 3 rings (SSSR count). The van der Waals surface area contributed by atoms with E-state index in [4.69, 9.17) is 34.8 Å². The number of hydrogen-bond acceptors (Lipinski definition) is 0. The van der Waals surface area contributed by atoms with Gasteiger partial charge in [-0.2, -0.15) is 0 Å². The highest BCUT2D eigenvalue weighted by Crippen LogP contribution is 2.35. The Labute approximate surface area is 138 Å². The molecular formula is C18H11Cl3. The van der Waals surface area contributed by atoms with Gasteiger partial charge in [0.05, 0.1) is 0 Å². The minimum absolute atomic E-state index is 0.676. The van der Waals surface area contributed by atoms with Gasteiger partial charge in [-0.15, -0.1) is 0 Å². The smallest absolute Gasteiger partial charge is 0.0490 e. The minimum atomic E-state index is 0.676. The van der Waals surface area contributed by atoms with E-state index < -0.39 is 0 Å². The molecule has 3 heteroatoms. The van der Waals surface area contributed by atoms with Gasteiger partial charge in [-0.3, -0.25) is 0 Å². The van der Waals surface area contributed by atoms with E-state index in [0.717, 1.165) is 22.3 Å². The molecule has 0 saturated heterocycles. The van der Waals surface area contributed by atoms with Gasteiger partial charge in [0.15, 0.2) is 0 Å². The molecule has 0 aliphatic carbocycles. The summed E-state index contributed by atoms with van der Waals surface area (Å²) < 4.78 is 0. The molecule has 0 unspecified atom stereocenters. The summed E-state index contributed by atoms with van der Waals surface area (Å²) in [5, 5.41) is 2.08. The first-order chi connectivity index (χ1) is 10.1. The molecule has 0 aliphatic heterocycles. The molecule has 0 fully saturated rings. The van der Waals surface area contributed by atoms with Crippen LogP contribution in [0.5, 0.6) is 0 Å². The average molecular weight is 334 g/mol. The fourth-order valence-corrected chi connectivity index (χ4v) is 2.99. The molecule has 0 saturated carbocycles. The zero-order valence-electron chi connectivity index (χ0n) is 11.0. The lowest BCUT2D eigenvalue weighted by atomic mass is 10.0. The van der Waals surface area contributed by atoms with Crippen LogP contribution < -0.4 is 0 Å². The molecule has 0 atom stereocenters. The Balaban J connectivity index is 2.07. The first kappa shape index (κ1) is 14.5. The third kappa shape index (κ3) is 3.08. The van der Waals surface area contributed by atoms with Crippen molar-refractivity contribution in [2.45, 2.75) is 0 Å². The highest BCUT2D eigenvalue weighted by molar-refractivity contribution is 6.35. The van der Waals surface area contributed by atoms with Crippen LogP contribution in [0, 0.1) is 0 Å². The Morgan fingerprint density at radius 1 is 0.524 bits per heavy atom. The van der Waals surface area contributed by atoms with E-state index in [2.05, 4.69) is 0 Å². The monoisotopic (exact) mass is 332 g/mol. The quantitative estimate of drug-likeness (QED) is 0.474. The van der Waals surface area contributed by atoms with Crippen molar-refractivity contribution in [3.63, 3.8) is 0 Å². The van der Waals surface area contributed by atoms with E-state index in [1.54, 1.807) is 0 Å². The number of halogens is 3. The van der Waals surface area contributed by atoms with Crippen molar-refractivity contribution in [2.24, 2.45) is 0 Å². The predicted molar refractivity (Wildman–Crippen MR) is 92.3 cm³/mol. The molecule has 0 spiro atoms. The van der Waals surface area contributed by atoms with E-state index in [0.29, 0.717) is 15.1 Å². The Morgan fingerprint density at radius 3 is 1.95 bits per heavy atom. The molecule has 3 aromatic rings. The molecule has 0 bridgehead atoms. The zero-order chi connectivity index (χ0) is 14.8. The van der Waals surface area contributed by atoms with Crippen molar-refractivity contribution < 1.29 is 0 Å². The van der Waals surface area contributed by atoms with Crippen molar-refractivity contribution in [2.75, 3.05) is 0 Å². The first-order valence-corrected chi connectivity index (χ1v) is 7.59. The van der Waals surface area contributed by atoms with Crippen LogP contribution in [0.4, 0.5) is 0 Å². The van der Waals surface area contributed by atoms with E-state index in [-0.39, 0.29) is 0 Å².